The second kappa shape index (κ2) is 13.1. The van der Waals surface area contributed by atoms with E-state index in [1.807, 2.05) is 0 Å². The van der Waals surface area contributed by atoms with Crippen LogP contribution < -0.4 is 24.8 Å². The van der Waals surface area contributed by atoms with E-state index in [2.05, 4.69) is 161 Å². The Balaban J connectivity index is 0.00000189. The summed E-state index contributed by atoms with van der Waals surface area (Å²) < 4.78 is 4.14. The summed E-state index contributed by atoms with van der Waals surface area (Å²) in [5.41, 5.74) is 15.2. The zero-order chi connectivity index (χ0) is 31.9. The van der Waals surface area contributed by atoms with E-state index >= 15 is 0 Å². The normalized spacial score (nSPS) is 17.8. The van der Waals surface area contributed by atoms with Crippen LogP contribution in [0.25, 0.3) is 56.0 Å². The van der Waals surface area contributed by atoms with Gasteiger partial charge >= 0.3 is 285 Å². The van der Waals surface area contributed by atoms with Crippen molar-refractivity contribution < 1.29 is 41.4 Å². The number of fused-ring (bicyclic) bond motifs is 4. The van der Waals surface area contributed by atoms with E-state index < -0.39 is 16.6 Å². The maximum atomic E-state index is 2.65. The Kier molecular flexibility index (Phi) is 9.08. The Hall–Kier alpha value is -3.39. The van der Waals surface area contributed by atoms with Gasteiger partial charge in [0, 0.05) is 0 Å². The third-order valence-electron chi connectivity index (χ3n) is 11.7. The molecule has 0 saturated carbocycles. The van der Waals surface area contributed by atoms with Gasteiger partial charge in [0.15, 0.2) is 0 Å². The SMILES string of the molecule is CC(C)C1=Cc2c(-c3cccc4ccccc34)cccc2[CH]1[Ti+2]1([CH]2C(C(C)C)=Cc3c(-c4cccc5ccccc45)cccc32)[CH2][CH2]1.[Cl-].[Cl-]. The monoisotopic (exact) mass is 712 g/mol. The van der Waals surface area contributed by atoms with Crippen LogP contribution in [0.4, 0.5) is 0 Å². The van der Waals surface area contributed by atoms with Gasteiger partial charge in [-0.15, -0.1) is 0 Å². The molecule has 0 amide bonds. The van der Waals surface area contributed by atoms with Gasteiger partial charge in [-0.2, -0.15) is 0 Å². The summed E-state index contributed by atoms with van der Waals surface area (Å²) in [5.74, 6) is 1.07. The number of rotatable bonds is 6. The topological polar surface area (TPSA) is 0 Å². The zero-order valence-electron chi connectivity index (χ0n) is 28.7. The fourth-order valence-electron chi connectivity index (χ4n) is 9.41. The molecule has 6 aromatic rings. The van der Waals surface area contributed by atoms with Gasteiger partial charge < -0.3 is 24.8 Å². The van der Waals surface area contributed by atoms with Gasteiger partial charge in [0.2, 0.25) is 0 Å². The molecule has 2 atom stereocenters. The second-order valence-corrected chi connectivity index (χ2v) is 22.1. The molecule has 2 unspecified atom stereocenters. The molecule has 0 N–H and O–H groups in total. The van der Waals surface area contributed by atoms with Gasteiger partial charge in [0.1, 0.15) is 0 Å². The number of allylic oxidation sites excluding steroid dienone is 2. The van der Waals surface area contributed by atoms with E-state index in [1.54, 1.807) is 22.3 Å². The predicted molar refractivity (Wildman–Crippen MR) is 199 cm³/mol. The van der Waals surface area contributed by atoms with E-state index in [1.165, 1.54) is 64.4 Å². The molecule has 0 nitrogen and oxygen atoms in total. The van der Waals surface area contributed by atoms with Gasteiger partial charge in [0.05, 0.1) is 0 Å². The quantitative estimate of drug-likeness (QED) is 0.160. The van der Waals surface area contributed by atoms with Gasteiger partial charge in [-0.3, -0.25) is 0 Å². The first-order valence-electron chi connectivity index (χ1n) is 17.6. The van der Waals surface area contributed by atoms with E-state index in [4.69, 9.17) is 0 Å². The molecular formula is C46H42Cl2Ti. The molecule has 3 heteroatoms. The standard InChI is InChI=1S/2C22H19.C2H4.2ClH.Ti/c2*1-15(2)18-13-17-9-6-12-21(22(17)14-18)20-11-5-8-16-7-3-4-10-19(16)20;1-2;;;/h2*3-15H,1-2H3;1-2H2;2*1H;/q;;;;;+2/p-2. The van der Waals surface area contributed by atoms with E-state index in [0.717, 1.165) is 0 Å². The fraction of sp³-hybridized carbons (Fsp3) is 0.217. The van der Waals surface area contributed by atoms with Crippen LogP contribution in [0.1, 0.15) is 58.4 Å². The van der Waals surface area contributed by atoms with Crippen LogP contribution in [0.15, 0.2) is 132 Å². The van der Waals surface area contributed by atoms with Crippen LogP contribution >= 0.6 is 0 Å². The van der Waals surface area contributed by atoms with Crippen molar-refractivity contribution in [1.29, 1.82) is 0 Å². The maximum Gasteiger partial charge on any atom is -1.00 e. The fourth-order valence-corrected chi connectivity index (χ4v) is 20.1. The molecule has 244 valence electrons. The minimum Gasteiger partial charge on any atom is -1.00 e. The third kappa shape index (κ3) is 5.30. The summed E-state index contributed by atoms with van der Waals surface area (Å²) in [5, 5.41) is 5.34. The molecule has 1 fully saturated rings. The van der Waals surface area contributed by atoms with Crippen molar-refractivity contribution in [3.63, 3.8) is 0 Å². The Bertz CT molecular complexity index is 2120. The predicted octanol–water partition coefficient (Wildman–Crippen LogP) is 7.23. The average Bonchev–Trinajstić information content (AvgIpc) is 3.60. The first-order valence-corrected chi connectivity index (χ1v) is 21.6. The Morgan fingerprint density at radius 1 is 0.449 bits per heavy atom. The minimum absolute atomic E-state index is 0. The van der Waals surface area contributed by atoms with Gasteiger partial charge in [-0.05, 0) is 0 Å². The smallest absolute Gasteiger partial charge is 1.00 e. The van der Waals surface area contributed by atoms with Crippen molar-refractivity contribution in [3.05, 3.63) is 155 Å². The number of benzene rings is 6. The Labute approximate surface area is 307 Å². The molecule has 6 aromatic carbocycles. The van der Waals surface area contributed by atoms with Gasteiger partial charge in [-0.1, -0.05) is 0 Å². The maximum absolute atomic E-state index is 2.65. The van der Waals surface area contributed by atoms with Crippen LogP contribution in [0, 0.1) is 11.8 Å². The number of hydrogen-bond donors (Lipinski definition) is 0. The van der Waals surface area contributed by atoms with Crippen molar-refractivity contribution in [2.24, 2.45) is 11.8 Å². The van der Waals surface area contributed by atoms with Crippen LogP contribution in [-0.2, 0) is 16.6 Å². The number of hydrogen-bond acceptors (Lipinski definition) is 0. The van der Waals surface area contributed by atoms with Crippen molar-refractivity contribution in [2.75, 3.05) is 0 Å². The molecular weight excluding hydrogens is 671 g/mol. The molecule has 0 bridgehead atoms. The molecule has 49 heavy (non-hydrogen) atoms. The van der Waals surface area contributed by atoms with Crippen molar-refractivity contribution in [3.8, 4) is 22.3 Å². The Morgan fingerprint density at radius 2 is 0.816 bits per heavy atom. The Morgan fingerprint density at radius 3 is 1.22 bits per heavy atom. The molecule has 1 saturated heterocycles. The summed E-state index contributed by atoms with van der Waals surface area (Å²) in [6.07, 6.45) is 5.29. The van der Waals surface area contributed by atoms with Crippen LogP contribution in [0.3, 0.4) is 0 Å². The molecule has 1 heterocycles. The average molecular weight is 714 g/mol. The van der Waals surface area contributed by atoms with Gasteiger partial charge in [-0.25, -0.2) is 0 Å². The summed E-state index contributed by atoms with van der Waals surface area (Å²) in [7, 11) is 0. The summed E-state index contributed by atoms with van der Waals surface area (Å²) in [4.78, 5) is 0. The van der Waals surface area contributed by atoms with Crippen molar-refractivity contribution in [2.45, 2.75) is 45.6 Å². The first kappa shape index (κ1) is 34.1. The van der Waals surface area contributed by atoms with E-state index in [9.17, 15) is 0 Å². The van der Waals surface area contributed by atoms with Crippen molar-refractivity contribution in [1.82, 2.24) is 0 Å². The molecule has 0 aromatic heterocycles. The number of halogens is 2. The van der Waals surface area contributed by atoms with Crippen LogP contribution in [0.5, 0.6) is 0 Å². The van der Waals surface area contributed by atoms with Gasteiger partial charge in [0.25, 0.3) is 0 Å². The summed E-state index contributed by atoms with van der Waals surface area (Å²) in [6.45, 7) is 9.78. The third-order valence-corrected chi connectivity index (χ3v) is 19.8. The minimum atomic E-state index is -2.54. The zero-order valence-corrected chi connectivity index (χ0v) is 31.8. The molecule has 0 spiro atoms. The summed E-state index contributed by atoms with van der Waals surface area (Å²) >= 11 is -2.54. The van der Waals surface area contributed by atoms with Crippen LogP contribution in [0.2, 0.25) is 9.45 Å². The largest absolute Gasteiger partial charge is 1.00 e. The summed E-state index contributed by atoms with van der Waals surface area (Å²) in [6, 6.07) is 45.9. The molecule has 3 aliphatic rings. The first-order chi connectivity index (χ1) is 23.0. The molecule has 0 radical (unpaired) electrons. The molecule has 9 rings (SSSR count). The second-order valence-electron chi connectivity index (χ2n) is 14.9. The van der Waals surface area contributed by atoms with Crippen LogP contribution in [-0.4, -0.2) is 0 Å². The molecule has 2 aliphatic carbocycles. The van der Waals surface area contributed by atoms with Crippen molar-refractivity contribution >= 4 is 33.7 Å². The molecule has 1 aliphatic heterocycles. The van der Waals surface area contributed by atoms with E-state index in [0.29, 0.717) is 20.3 Å². The van der Waals surface area contributed by atoms with E-state index in [-0.39, 0.29) is 24.8 Å².